The van der Waals surface area contributed by atoms with Crippen molar-refractivity contribution in [2.75, 3.05) is 25.0 Å². The summed E-state index contributed by atoms with van der Waals surface area (Å²) in [7, 11) is -3.18. The fourth-order valence-corrected chi connectivity index (χ4v) is 10.1. The maximum absolute atomic E-state index is 14.5. The number of thiophene rings is 1. The van der Waals surface area contributed by atoms with Gasteiger partial charge < -0.3 is 14.8 Å². The summed E-state index contributed by atoms with van der Waals surface area (Å²) in [5, 5.41) is 14.3. The number of nitrogens with zero attached hydrogens (tertiary/aromatic N) is 7. The van der Waals surface area contributed by atoms with E-state index in [-0.39, 0.29) is 23.9 Å². The molecule has 0 unspecified atom stereocenters. The van der Waals surface area contributed by atoms with Gasteiger partial charge in [0.15, 0.2) is 5.82 Å². The lowest BCUT2D eigenvalue weighted by molar-refractivity contribution is -0.121. The number of hydrogen-bond donors (Lipinski definition) is 2. The third-order valence-electron chi connectivity index (χ3n) is 11.1. The summed E-state index contributed by atoms with van der Waals surface area (Å²) in [5.41, 5.74) is 6.18. The minimum absolute atomic E-state index is 0.0585. The summed E-state index contributed by atoms with van der Waals surface area (Å²) in [5.74, 6) is -0.504. The second-order valence-electron chi connectivity index (χ2n) is 15.5. The van der Waals surface area contributed by atoms with Crippen LogP contribution >= 0.6 is 22.9 Å². The van der Waals surface area contributed by atoms with Gasteiger partial charge in [-0.15, -0.1) is 21.5 Å². The average molecular weight is 940 g/mol. The number of nitrogens with one attached hydrogen (secondary N) is 2. The molecule has 2 N–H and O–H groups in total. The quantitative estimate of drug-likeness (QED) is 0.0889. The van der Waals surface area contributed by atoms with Gasteiger partial charge in [-0.2, -0.15) is 0 Å². The van der Waals surface area contributed by atoms with Gasteiger partial charge in [0.1, 0.15) is 56.7 Å². The molecule has 336 valence electrons. The molecule has 19 heteroatoms. The van der Waals surface area contributed by atoms with E-state index in [4.69, 9.17) is 26.1 Å². The highest BCUT2D eigenvalue weighted by atomic mass is 35.5. The first-order chi connectivity index (χ1) is 31.2. The van der Waals surface area contributed by atoms with Gasteiger partial charge in [-0.25, -0.2) is 32.2 Å². The van der Waals surface area contributed by atoms with Gasteiger partial charge in [0, 0.05) is 56.5 Å². The number of carbonyl (C=O) groups excluding carboxylic acids is 1. The minimum Gasteiger partial charge on any atom is -0.491 e. The number of benzene rings is 3. The Morgan fingerprint density at radius 2 is 1.69 bits per heavy atom. The molecule has 1 amide bonds. The smallest absolute Gasteiger partial charge is 0.264 e. The Labute approximate surface area is 383 Å². The number of rotatable bonds is 16. The van der Waals surface area contributed by atoms with Gasteiger partial charge in [0.05, 0.1) is 25.8 Å². The number of hydrogen-bond acceptors (Lipinski definition) is 12. The molecule has 0 spiro atoms. The van der Waals surface area contributed by atoms with Crippen molar-refractivity contribution in [1.29, 1.82) is 0 Å². The van der Waals surface area contributed by atoms with E-state index in [1.165, 1.54) is 30.6 Å². The van der Waals surface area contributed by atoms with E-state index in [0.29, 0.717) is 58.2 Å². The van der Waals surface area contributed by atoms with Crippen molar-refractivity contribution in [1.82, 2.24) is 35.0 Å². The topological polar surface area (TPSA) is 175 Å². The number of fused-ring (bicyclic) bond motifs is 4. The third-order valence-corrected chi connectivity index (χ3v) is 13.9. The van der Waals surface area contributed by atoms with E-state index in [1.807, 2.05) is 48.7 Å². The van der Waals surface area contributed by atoms with Crippen molar-refractivity contribution >= 4 is 61.2 Å². The van der Waals surface area contributed by atoms with Crippen LogP contribution in [0.25, 0.3) is 27.0 Å². The molecule has 0 saturated heterocycles. The molecular formula is C46H44ClF2N9O5S2. The lowest BCUT2D eigenvalue weighted by Crippen LogP contribution is -2.26. The minimum atomic E-state index is -4.50. The molecule has 0 fully saturated rings. The van der Waals surface area contributed by atoms with Crippen LogP contribution in [0.5, 0.6) is 11.6 Å². The Morgan fingerprint density at radius 1 is 0.908 bits per heavy atom. The molecule has 65 heavy (non-hydrogen) atoms. The van der Waals surface area contributed by atoms with Crippen molar-refractivity contribution in [3.63, 3.8) is 0 Å². The Kier molecular flexibility index (Phi) is 13.2. The Balaban J connectivity index is 0.892. The summed E-state index contributed by atoms with van der Waals surface area (Å²) in [6.07, 6.45) is 6.24. The third kappa shape index (κ3) is 9.55. The van der Waals surface area contributed by atoms with Crippen LogP contribution in [0, 0.1) is 39.3 Å². The molecule has 0 aliphatic carbocycles. The Hall–Kier alpha value is -6.37. The molecule has 4 aromatic heterocycles. The van der Waals surface area contributed by atoms with E-state index in [0.717, 1.165) is 76.4 Å². The number of methoxy groups -OCH3 is 1. The fraction of sp³-hybridized carbons (Fsp3) is 0.283. The highest BCUT2D eigenvalue weighted by Gasteiger charge is 2.32. The summed E-state index contributed by atoms with van der Waals surface area (Å²) < 4.78 is 70.4. The number of halogens is 3. The molecule has 1 aliphatic heterocycles. The van der Waals surface area contributed by atoms with Crippen LogP contribution in [-0.2, 0) is 14.8 Å². The highest BCUT2D eigenvalue weighted by Crippen LogP contribution is 2.40. The number of pyridine rings is 1. The maximum atomic E-state index is 14.5. The van der Waals surface area contributed by atoms with E-state index in [2.05, 4.69) is 49.0 Å². The second kappa shape index (κ2) is 19.0. The van der Waals surface area contributed by atoms with Crippen molar-refractivity contribution in [3.8, 4) is 27.8 Å². The number of aromatic nitrogens is 6. The Morgan fingerprint density at radius 3 is 2.46 bits per heavy atom. The number of carbonyl (C=O) groups is 1. The molecule has 5 heterocycles. The van der Waals surface area contributed by atoms with Crippen molar-refractivity contribution in [2.24, 2.45) is 4.99 Å². The van der Waals surface area contributed by atoms with Gasteiger partial charge in [-0.05, 0) is 94.1 Å². The van der Waals surface area contributed by atoms with E-state index in [9.17, 15) is 22.0 Å². The van der Waals surface area contributed by atoms with Gasteiger partial charge in [-0.1, -0.05) is 36.6 Å². The number of anilines is 1. The number of amides is 1. The molecule has 14 nitrogen and oxygen atoms in total. The number of aryl methyl sites for hydroxylation is 3. The van der Waals surface area contributed by atoms with Gasteiger partial charge >= 0.3 is 0 Å². The number of ether oxygens (including phenoxy) is 2. The SMILES string of the molecule is COc1ncc(-c2cc(OCCCCCCNC(=O)C[C@@H]3N=C(c4ccc(Cl)cc4)c4c(sc(C)c4C)-n4c(C)nnc43)c3ncnc(C)c3c2)cc1NS(=O)(=O)c1ccc(F)cc1F. The highest BCUT2D eigenvalue weighted by molar-refractivity contribution is 7.92. The van der Waals surface area contributed by atoms with Crippen LogP contribution in [0.1, 0.15) is 77.1 Å². The molecule has 0 saturated carbocycles. The summed E-state index contributed by atoms with van der Waals surface area (Å²) in [6.45, 7) is 8.80. The molecule has 3 aromatic carbocycles. The van der Waals surface area contributed by atoms with Crippen LogP contribution < -0.4 is 19.5 Å². The molecule has 0 radical (unpaired) electrons. The van der Waals surface area contributed by atoms with E-state index in [1.54, 1.807) is 17.4 Å². The largest absolute Gasteiger partial charge is 0.491 e. The lowest BCUT2D eigenvalue weighted by Gasteiger charge is -2.15. The fourth-order valence-electron chi connectivity index (χ4n) is 7.65. The molecule has 0 bridgehead atoms. The van der Waals surface area contributed by atoms with Crippen molar-refractivity contribution < 1.29 is 31.5 Å². The van der Waals surface area contributed by atoms with E-state index < -0.39 is 32.6 Å². The van der Waals surface area contributed by atoms with Gasteiger partial charge in [0.2, 0.25) is 11.8 Å². The predicted molar refractivity (Wildman–Crippen MR) is 246 cm³/mol. The molecular weight excluding hydrogens is 896 g/mol. The number of sulfonamides is 1. The first kappa shape index (κ1) is 45.2. The standard InChI is InChI=1S/C46H44ClF2N9O5S2/c1-25-27(3)64-46-41(25)42(29-10-12-32(47)13-11-29)54-36(44-56-55-28(4)58(44)46)22-40(59)50-16-8-6-7-9-17-63-38-20-30(18-34-26(2)52-24-53-43(34)38)31-19-37(45(62-5)51-23-31)57-65(60,61)39-15-14-33(48)21-35(39)49/h10-15,18-21,23-24,36,57H,6-9,16-17,22H2,1-5H3,(H,50,59)/t36-/m0/s1. The summed E-state index contributed by atoms with van der Waals surface area (Å²) >= 11 is 7.91. The van der Waals surface area contributed by atoms with Crippen LogP contribution in [0.15, 0.2) is 83.1 Å². The van der Waals surface area contributed by atoms with Crippen LogP contribution in [0.3, 0.4) is 0 Å². The lowest BCUT2D eigenvalue weighted by atomic mass is 9.99. The average Bonchev–Trinajstić information content (AvgIpc) is 3.75. The molecule has 1 atom stereocenters. The van der Waals surface area contributed by atoms with Crippen molar-refractivity contribution in [2.45, 2.75) is 70.7 Å². The zero-order chi connectivity index (χ0) is 46.0. The summed E-state index contributed by atoms with van der Waals surface area (Å²) in [6, 6.07) is 14.4. The van der Waals surface area contributed by atoms with Gasteiger partial charge in [0.25, 0.3) is 10.0 Å². The molecule has 8 rings (SSSR count). The summed E-state index contributed by atoms with van der Waals surface area (Å²) in [4.78, 5) is 32.2. The monoisotopic (exact) mass is 939 g/mol. The first-order valence-corrected chi connectivity index (χ1v) is 23.4. The zero-order valence-electron chi connectivity index (χ0n) is 36.1. The molecule has 7 aromatic rings. The first-order valence-electron chi connectivity index (χ1n) is 20.8. The van der Waals surface area contributed by atoms with Crippen molar-refractivity contribution in [3.05, 3.63) is 129 Å². The normalized spacial score (nSPS) is 13.5. The number of aliphatic imine (C=N–C) groups is 1. The van der Waals surface area contributed by atoms with Crippen LogP contribution in [-0.4, -0.2) is 70.0 Å². The van der Waals surface area contributed by atoms with Crippen LogP contribution in [0.2, 0.25) is 5.02 Å². The predicted octanol–water partition coefficient (Wildman–Crippen LogP) is 9.35. The maximum Gasteiger partial charge on any atom is 0.264 e. The molecule has 1 aliphatic rings. The van der Waals surface area contributed by atoms with Gasteiger partial charge in [-0.3, -0.25) is 19.1 Å². The Bertz CT molecular complexity index is 3090. The second-order valence-corrected chi connectivity index (χ2v) is 18.8. The zero-order valence-corrected chi connectivity index (χ0v) is 38.5. The van der Waals surface area contributed by atoms with E-state index >= 15 is 0 Å². The number of unbranched alkanes of at least 4 members (excludes halogenated alkanes) is 3. The van der Waals surface area contributed by atoms with Crippen LogP contribution in [0.4, 0.5) is 14.5 Å².